The van der Waals surface area contributed by atoms with Crippen LogP contribution in [0.5, 0.6) is 0 Å². The highest BCUT2D eigenvalue weighted by atomic mass is 16.5. The molecular formula is C25H31N7O5. The molecule has 1 aliphatic rings. The van der Waals surface area contributed by atoms with E-state index in [-0.39, 0.29) is 18.5 Å². The number of aromatic nitrogens is 2. The summed E-state index contributed by atoms with van der Waals surface area (Å²) in [6.07, 6.45) is 1.53. The normalized spacial score (nSPS) is 15.3. The number of ether oxygens (including phenoxy) is 1. The van der Waals surface area contributed by atoms with Gasteiger partial charge < -0.3 is 15.2 Å². The summed E-state index contributed by atoms with van der Waals surface area (Å²) < 4.78 is 6.93. The van der Waals surface area contributed by atoms with Gasteiger partial charge in [-0.3, -0.25) is 30.7 Å². The number of nitrogens with one attached hydrogen (secondary N) is 5. The Labute approximate surface area is 213 Å². The molecule has 1 fully saturated rings. The molecule has 0 saturated carbocycles. The van der Waals surface area contributed by atoms with Crippen LogP contribution >= 0.6 is 0 Å². The van der Waals surface area contributed by atoms with E-state index in [1.807, 2.05) is 12.1 Å². The molecule has 1 saturated heterocycles. The molecule has 1 unspecified atom stereocenters. The van der Waals surface area contributed by atoms with Crippen molar-refractivity contribution in [3.63, 3.8) is 0 Å². The van der Waals surface area contributed by atoms with Crippen LogP contribution in [-0.2, 0) is 22.7 Å². The quantitative estimate of drug-likeness (QED) is 0.163. The number of aliphatic carboxylic acids is 1. The van der Waals surface area contributed by atoms with Crippen molar-refractivity contribution in [1.82, 2.24) is 36.4 Å². The number of amides is 2. The van der Waals surface area contributed by atoms with Crippen LogP contribution in [0.3, 0.4) is 0 Å². The van der Waals surface area contributed by atoms with E-state index in [4.69, 9.17) is 4.74 Å². The monoisotopic (exact) mass is 509 g/mol. The minimum atomic E-state index is -2.10. The molecule has 0 aliphatic carbocycles. The molecule has 12 nitrogen and oxygen atoms in total. The van der Waals surface area contributed by atoms with E-state index in [0.717, 1.165) is 37.1 Å². The summed E-state index contributed by atoms with van der Waals surface area (Å²) in [7, 11) is 0. The van der Waals surface area contributed by atoms with Gasteiger partial charge in [0.15, 0.2) is 0 Å². The number of hydrogen-bond acceptors (Lipinski definition) is 8. The lowest BCUT2D eigenvalue weighted by Crippen LogP contribution is -2.63. The summed E-state index contributed by atoms with van der Waals surface area (Å²) in [4.78, 5) is 37.4. The van der Waals surface area contributed by atoms with E-state index in [1.54, 1.807) is 47.3 Å². The Bertz CT molecular complexity index is 1240. The van der Waals surface area contributed by atoms with E-state index in [1.165, 1.54) is 6.92 Å². The van der Waals surface area contributed by atoms with Gasteiger partial charge in [-0.1, -0.05) is 36.4 Å². The molecule has 2 heterocycles. The molecule has 1 atom stereocenters. The van der Waals surface area contributed by atoms with Gasteiger partial charge >= 0.3 is 12.1 Å². The molecule has 0 spiro atoms. The predicted molar refractivity (Wildman–Crippen MR) is 135 cm³/mol. The maximum Gasteiger partial charge on any atom is 0.409 e. The Hall–Kier alpha value is -4.00. The fraction of sp³-hybridized carbons (Fsp3) is 0.360. The number of carboxylic acids is 1. The number of benzene rings is 2. The zero-order valence-electron chi connectivity index (χ0n) is 20.5. The first-order valence-electron chi connectivity index (χ1n) is 12.1. The van der Waals surface area contributed by atoms with Gasteiger partial charge in [0, 0.05) is 25.0 Å². The van der Waals surface area contributed by atoms with E-state index >= 15 is 0 Å². The van der Waals surface area contributed by atoms with Gasteiger partial charge in [0.2, 0.25) is 5.66 Å². The van der Waals surface area contributed by atoms with Crippen LogP contribution in [0.25, 0.3) is 10.9 Å². The van der Waals surface area contributed by atoms with E-state index in [2.05, 4.69) is 31.7 Å². The van der Waals surface area contributed by atoms with E-state index in [0.29, 0.717) is 11.9 Å². The lowest BCUT2D eigenvalue weighted by atomic mass is 10.1. The lowest BCUT2D eigenvalue weighted by Gasteiger charge is -2.27. The standard InChI is InChI=1S/C25H31N7O5/c1-25(22(34)35,31-24(36)37-16-17-7-3-2-4-8-17)30-21(33)18-9-5-10-20-19(18)15-29-32(20)14-6-11-26-23-27-12-13-28-23/h2-5,7-10,15,23,26-28H,6,11-14,16H2,1H3,(H,30,33)(H,31,36)(H,34,35). The van der Waals surface area contributed by atoms with Crippen LogP contribution in [0.1, 0.15) is 29.3 Å². The molecule has 196 valence electrons. The molecule has 37 heavy (non-hydrogen) atoms. The van der Waals surface area contributed by atoms with Crippen molar-refractivity contribution in [3.05, 3.63) is 65.9 Å². The number of fused-ring (bicyclic) bond motifs is 1. The van der Waals surface area contributed by atoms with Gasteiger partial charge in [0.05, 0.1) is 17.3 Å². The zero-order valence-corrected chi connectivity index (χ0v) is 20.5. The summed E-state index contributed by atoms with van der Waals surface area (Å²) in [5.41, 5.74) is -0.369. The molecule has 4 rings (SSSR count). The Kier molecular flexibility index (Phi) is 8.33. The third-order valence-electron chi connectivity index (χ3n) is 6.01. The largest absolute Gasteiger partial charge is 0.478 e. The number of hydrogen-bond donors (Lipinski definition) is 6. The average Bonchev–Trinajstić information content (AvgIpc) is 3.56. The third kappa shape index (κ3) is 6.61. The number of rotatable bonds is 11. The van der Waals surface area contributed by atoms with Crippen LogP contribution in [0.15, 0.2) is 54.7 Å². The molecule has 1 aromatic heterocycles. The van der Waals surface area contributed by atoms with Gasteiger partial charge in [0.25, 0.3) is 5.91 Å². The number of carbonyl (C=O) groups excluding carboxylic acids is 2. The topological polar surface area (TPSA) is 159 Å². The first-order chi connectivity index (χ1) is 17.9. The fourth-order valence-electron chi connectivity index (χ4n) is 4.00. The molecule has 2 amide bonds. The van der Waals surface area contributed by atoms with Crippen molar-refractivity contribution in [2.75, 3.05) is 19.6 Å². The molecular weight excluding hydrogens is 478 g/mol. The Balaban J connectivity index is 1.38. The van der Waals surface area contributed by atoms with Crippen molar-refractivity contribution in [2.24, 2.45) is 0 Å². The van der Waals surface area contributed by atoms with Gasteiger partial charge in [0.1, 0.15) is 12.9 Å². The van der Waals surface area contributed by atoms with Crippen molar-refractivity contribution in [2.45, 2.75) is 38.4 Å². The molecule has 12 heteroatoms. The highest BCUT2D eigenvalue weighted by Crippen LogP contribution is 2.20. The SMILES string of the molecule is CC(NC(=O)OCc1ccccc1)(NC(=O)c1cccc2c1cnn2CCCNC1NCCN1)C(=O)O. The molecule has 0 bridgehead atoms. The highest BCUT2D eigenvalue weighted by Gasteiger charge is 2.38. The van der Waals surface area contributed by atoms with Crippen LogP contribution in [-0.4, -0.2) is 64.4 Å². The van der Waals surface area contributed by atoms with Crippen LogP contribution in [0.4, 0.5) is 4.79 Å². The number of carboxylic acid groups (broad SMARTS) is 1. The Morgan fingerprint density at radius 2 is 1.86 bits per heavy atom. The Morgan fingerprint density at radius 3 is 2.59 bits per heavy atom. The second kappa shape index (κ2) is 11.8. The summed E-state index contributed by atoms with van der Waals surface area (Å²) in [6.45, 7) is 4.40. The number of nitrogens with zero attached hydrogens (tertiary/aromatic N) is 2. The van der Waals surface area contributed by atoms with Crippen LogP contribution in [0, 0.1) is 0 Å². The Morgan fingerprint density at radius 1 is 1.11 bits per heavy atom. The summed E-state index contributed by atoms with van der Waals surface area (Å²) in [5, 5.41) is 29.3. The third-order valence-corrected chi connectivity index (χ3v) is 6.01. The zero-order chi connectivity index (χ0) is 26.3. The minimum absolute atomic E-state index is 0.0436. The smallest absolute Gasteiger partial charge is 0.409 e. The summed E-state index contributed by atoms with van der Waals surface area (Å²) in [5.74, 6) is -2.11. The number of carbonyl (C=O) groups is 3. The molecule has 3 aromatic rings. The van der Waals surface area contributed by atoms with Gasteiger partial charge in [-0.2, -0.15) is 5.10 Å². The first kappa shape index (κ1) is 26.1. The van der Waals surface area contributed by atoms with Crippen molar-refractivity contribution < 1.29 is 24.2 Å². The average molecular weight is 510 g/mol. The van der Waals surface area contributed by atoms with Crippen molar-refractivity contribution in [1.29, 1.82) is 0 Å². The van der Waals surface area contributed by atoms with Gasteiger partial charge in [-0.25, -0.2) is 9.59 Å². The second-order valence-electron chi connectivity index (χ2n) is 8.83. The first-order valence-corrected chi connectivity index (χ1v) is 12.1. The molecule has 0 radical (unpaired) electrons. The second-order valence-corrected chi connectivity index (χ2v) is 8.83. The van der Waals surface area contributed by atoms with Gasteiger partial charge in [-0.15, -0.1) is 0 Å². The van der Waals surface area contributed by atoms with E-state index < -0.39 is 23.6 Å². The lowest BCUT2D eigenvalue weighted by molar-refractivity contribution is -0.145. The summed E-state index contributed by atoms with van der Waals surface area (Å²) in [6, 6.07) is 14.1. The maximum atomic E-state index is 13.1. The number of aryl methyl sites for hydroxylation is 1. The summed E-state index contributed by atoms with van der Waals surface area (Å²) >= 11 is 0. The van der Waals surface area contributed by atoms with Gasteiger partial charge in [-0.05, 0) is 37.6 Å². The van der Waals surface area contributed by atoms with E-state index in [9.17, 15) is 19.5 Å². The number of alkyl carbamates (subject to hydrolysis) is 1. The minimum Gasteiger partial charge on any atom is -0.478 e. The highest BCUT2D eigenvalue weighted by molar-refractivity contribution is 6.07. The molecule has 2 aromatic carbocycles. The fourth-order valence-corrected chi connectivity index (χ4v) is 4.00. The molecule has 6 N–H and O–H groups in total. The maximum absolute atomic E-state index is 13.1. The van der Waals surface area contributed by atoms with Crippen molar-refractivity contribution in [3.8, 4) is 0 Å². The van der Waals surface area contributed by atoms with Crippen LogP contribution in [0.2, 0.25) is 0 Å². The molecule has 1 aliphatic heterocycles. The van der Waals surface area contributed by atoms with Crippen LogP contribution < -0.4 is 26.6 Å². The van der Waals surface area contributed by atoms with Crippen molar-refractivity contribution >= 4 is 28.9 Å². The predicted octanol–water partition coefficient (Wildman–Crippen LogP) is 0.949.